The van der Waals surface area contributed by atoms with E-state index in [-0.39, 0.29) is 5.28 Å². The summed E-state index contributed by atoms with van der Waals surface area (Å²) >= 11 is 6.40. The first-order valence-electron chi connectivity index (χ1n) is 11.9. The Morgan fingerprint density at radius 2 is 1.34 bits per heavy atom. The third-order valence-corrected chi connectivity index (χ3v) is 7.33. The maximum absolute atomic E-state index is 6.40. The zero-order valence-corrected chi connectivity index (χ0v) is 19.8. The lowest BCUT2D eigenvalue weighted by Gasteiger charge is -2.39. The first-order chi connectivity index (χ1) is 17.3. The Bertz CT molecular complexity index is 1490. The predicted molar refractivity (Wildman–Crippen MR) is 139 cm³/mol. The number of piperazine rings is 1. The first kappa shape index (κ1) is 20.6. The molecular weight excluding hydrogens is 456 g/mol. The summed E-state index contributed by atoms with van der Waals surface area (Å²) in [5.41, 5.74) is 7.19. The van der Waals surface area contributed by atoms with Gasteiger partial charge in [0.05, 0.1) is 23.3 Å². The topological polar surface area (TPSA) is 50.1 Å². The van der Waals surface area contributed by atoms with Crippen molar-refractivity contribution in [1.82, 2.24) is 24.6 Å². The van der Waals surface area contributed by atoms with Crippen LogP contribution in [0.25, 0.3) is 27.8 Å². The van der Waals surface area contributed by atoms with Gasteiger partial charge >= 0.3 is 0 Å². The summed E-state index contributed by atoms with van der Waals surface area (Å²) in [6, 6.07) is 27.9. The fourth-order valence-electron chi connectivity index (χ4n) is 5.58. The molecule has 0 saturated carbocycles. The van der Waals surface area contributed by atoms with Crippen LogP contribution in [0.3, 0.4) is 0 Å². The van der Waals surface area contributed by atoms with Crippen molar-refractivity contribution in [2.45, 2.75) is 6.04 Å². The number of halogens is 1. The molecule has 7 rings (SSSR count). The van der Waals surface area contributed by atoms with Crippen LogP contribution in [0.1, 0.15) is 17.2 Å². The van der Waals surface area contributed by atoms with Crippen molar-refractivity contribution in [3.63, 3.8) is 0 Å². The second-order valence-corrected chi connectivity index (χ2v) is 9.38. The molecule has 2 aliphatic rings. The molecule has 5 aromatic rings. The van der Waals surface area contributed by atoms with E-state index in [9.17, 15) is 0 Å². The molecule has 35 heavy (non-hydrogen) atoms. The third kappa shape index (κ3) is 3.32. The molecular formula is C28H23ClN6. The van der Waals surface area contributed by atoms with E-state index in [2.05, 4.69) is 73.4 Å². The van der Waals surface area contributed by atoms with Crippen molar-refractivity contribution >= 4 is 28.5 Å². The van der Waals surface area contributed by atoms with Crippen molar-refractivity contribution < 1.29 is 0 Å². The summed E-state index contributed by atoms with van der Waals surface area (Å²) in [5.74, 6) is 0.856. The van der Waals surface area contributed by atoms with Gasteiger partial charge in [-0.1, -0.05) is 66.7 Å². The number of rotatable bonds is 3. The molecule has 0 unspecified atom stereocenters. The molecule has 172 valence electrons. The first-order valence-corrected chi connectivity index (χ1v) is 12.3. The number of fused-ring (bicyclic) bond motifs is 4. The van der Waals surface area contributed by atoms with Gasteiger partial charge in [-0.25, -0.2) is 4.68 Å². The van der Waals surface area contributed by atoms with E-state index in [1.54, 1.807) is 0 Å². The van der Waals surface area contributed by atoms with Crippen LogP contribution in [-0.2, 0) is 0 Å². The number of aromatic nitrogens is 4. The van der Waals surface area contributed by atoms with Gasteiger partial charge in [0, 0.05) is 26.2 Å². The number of anilines is 1. The molecule has 2 aromatic heterocycles. The number of para-hydroxylation sites is 1. The summed E-state index contributed by atoms with van der Waals surface area (Å²) in [7, 11) is 0. The Morgan fingerprint density at radius 1 is 0.714 bits per heavy atom. The number of hydrogen-bond acceptors (Lipinski definition) is 5. The maximum atomic E-state index is 6.40. The summed E-state index contributed by atoms with van der Waals surface area (Å²) in [6.07, 6.45) is 1.85. The molecule has 1 aliphatic carbocycles. The normalized spacial score (nSPS) is 16.0. The van der Waals surface area contributed by atoms with Gasteiger partial charge in [-0.05, 0) is 46.0 Å². The van der Waals surface area contributed by atoms with E-state index in [4.69, 9.17) is 11.6 Å². The van der Waals surface area contributed by atoms with Gasteiger partial charge in [0.2, 0.25) is 5.28 Å². The number of hydrogen-bond donors (Lipinski definition) is 0. The van der Waals surface area contributed by atoms with Crippen molar-refractivity contribution in [1.29, 1.82) is 0 Å². The molecule has 0 N–H and O–H groups in total. The highest BCUT2D eigenvalue weighted by Crippen LogP contribution is 2.46. The zero-order valence-electron chi connectivity index (χ0n) is 19.0. The second kappa shape index (κ2) is 8.18. The van der Waals surface area contributed by atoms with Crippen LogP contribution in [0, 0.1) is 0 Å². The molecule has 1 aliphatic heterocycles. The summed E-state index contributed by atoms with van der Waals surface area (Å²) in [5, 5.41) is 5.77. The number of nitrogens with zero attached hydrogens (tertiary/aromatic N) is 6. The minimum absolute atomic E-state index is 0.242. The van der Waals surface area contributed by atoms with Crippen LogP contribution >= 0.6 is 11.6 Å². The van der Waals surface area contributed by atoms with Gasteiger partial charge < -0.3 is 4.90 Å². The van der Waals surface area contributed by atoms with Crippen molar-refractivity contribution in [2.24, 2.45) is 0 Å². The van der Waals surface area contributed by atoms with Gasteiger partial charge in [-0.2, -0.15) is 15.1 Å². The van der Waals surface area contributed by atoms with Crippen LogP contribution in [0.15, 0.2) is 85.1 Å². The minimum atomic E-state index is 0.242. The molecule has 0 spiro atoms. The molecule has 7 heteroatoms. The van der Waals surface area contributed by atoms with Crippen LogP contribution in [0.2, 0.25) is 5.28 Å². The Kier molecular flexibility index (Phi) is 4.82. The van der Waals surface area contributed by atoms with Crippen LogP contribution in [0.4, 0.5) is 5.82 Å². The van der Waals surface area contributed by atoms with E-state index < -0.39 is 0 Å². The Hall–Kier alpha value is -3.74. The number of benzene rings is 3. The van der Waals surface area contributed by atoms with Gasteiger partial charge in [0.25, 0.3) is 0 Å². The smallest absolute Gasteiger partial charge is 0.226 e. The van der Waals surface area contributed by atoms with Crippen molar-refractivity contribution in [3.05, 3.63) is 101 Å². The molecule has 0 amide bonds. The molecule has 0 atom stereocenters. The van der Waals surface area contributed by atoms with Gasteiger partial charge in [0.15, 0.2) is 5.65 Å². The second-order valence-electron chi connectivity index (χ2n) is 9.05. The lowest BCUT2D eigenvalue weighted by molar-refractivity contribution is 0.215. The molecule has 0 radical (unpaired) electrons. The fraction of sp³-hybridized carbons (Fsp3) is 0.179. The SMILES string of the molecule is Clc1nc(N2CCN(C3c4ccccc4-c4ccccc43)CC2)c2cnn(-c3ccccc3)c2n1. The largest absolute Gasteiger partial charge is 0.353 e. The van der Waals surface area contributed by atoms with Crippen LogP contribution < -0.4 is 4.90 Å². The Labute approximate surface area is 208 Å². The van der Waals surface area contributed by atoms with E-state index in [0.29, 0.717) is 6.04 Å². The van der Waals surface area contributed by atoms with E-state index in [1.807, 2.05) is 41.2 Å². The van der Waals surface area contributed by atoms with Gasteiger partial charge in [-0.3, -0.25) is 4.90 Å². The molecule has 1 fully saturated rings. The highest BCUT2D eigenvalue weighted by molar-refractivity contribution is 6.28. The summed E-state index contributed by atoms with van der Waals surface area (Å²) < 4.78 is 1.83. The highest BCUT2D eigenvalue weighted by atomic mass is 35.5. The van der Waals surface area contributed by atoms with Gasteiger partial charge in [-0.15, -0.1) is 0 Å². The van der Waals surface area contributed by atoms with Crippen molar-refractivity contribution in [2.75, 3.05) is 31.1 Å². The predicted octanol–water partition coefficient (Wildman–Crippen LogP) is 5.36. The Balaban J connectivity index is 1.20. The highest BCUT2D eigenvalue weighted by Gasteiger charge is 2.34. The molecule has 3 aromatic carbocycles. The average Bonchev–Trinajstić information content (AvgIpc) is 3.48. The fourth-order valence-corrected chi connectivity index (χ4v) is 5.74. The lowest BCUT2D eigenvalue weighted by Crippen LogP contribution is -2.48. The molecule has 1 saturated heterocycles. The summed E-state index contributed by atoms with van der Waals surface area (Å²) in [4.78, 5) is 14.1. The Morgan fingerprint density at radius 3 is 2.03 bits per heavy atom. The monoisotopic (exact) mass is 478 g/mol. The molecule has 3 heterocycles. The zero-order chi connectivity index (χ0) is 23.4. The maximum Gasteiger partial charge on any atom is 0.226 e. The summed E-state index contributed by atoms with van der Waals surface area (Å²) in [6.45, 7) is 3.59. The van der Waals surface area contributed by atoms with E-state index in [0.717, 1.165) is 48.7 Å². The van der Waals surface area contributed by atoms with E-state index in [1.165, 1.54) is 22.3 Å². The standard InChI is InChI=1S/C28H23ClN6/c29-28-31-26(24-18-30-35(27(24)32-28)19-8-2-1-3-9-19)34-16-14-33(15-17-34)25-22-12-6-4-10-20(22)21-11-5-7-13-23(21)25/h1-13,18,25H,14-17H2. The van der Waals surface area contributed by atoms with Crippen LogP contribution in [-0.4, -0.2) is 50.8 Å². The minimum Gasteiger partial charge on any atom is -0.353 e. The van der Waals surface area contributed by atoms with E-state index >= 15 is 0 Å². The third-order valence-electron chi connectivity index (χ3n) is 7.16. The van der Waals surface area contributed by atoms with Crippen molar-refractivity contribution in [3.8, 4) is 16.8 Å². The molecule has 6 nitrogen and oxygen atoms in total. The average molecular weight is 479 g/mol. The quantitative estimate of drug-likeness (QED) is 0.327. The van der Waals surface area contributed by atoms with Crippen LogP contribution in [0.5, 0.6) is 0 Å². The molecule has 0 bridgehead atoms. The lowest BCUT2D eigenvalue weighted by atomic mass is 10.0. The van der Waals surface area contributed by atoms with Gasteiger partial charge in [0.1, 0.15) is 5.82 Å².